The van der Waals surface area contributed by atoms with Gasteiger partial charge in [-0.2, -0.15) is 5.10 Å². The first kappa shape index (κ1) is 15.7. The summed E-state index contributed by atoms with van der Waals surface area (Å²) in [4.78, 5) is 16.5. The minimum absolute atomic E-state index is 0.590. The summed E-state index contributed by atoms with van der Waals surface area (Å²) in [5.74, 6) is 0.683. The topological polar surface area (TPSA) is 68.0 Å². The van der Waals surface area contributed by atoms with Crippen LogP contribution >= 0.6 is 11.3 Å². The summed E-state index contributed by atoms with van der Waals surface area (Å²) in [5.41, 5.74) is 6.20. The first-order valence-electron chi connectivity index (χ1n) is 9.40. The maximum Gasteiger partial charge on any atom is 0.156 e. The number of fused-ring (bicyclic) bond motifs is 2. The van der Waals surface area contributed by atoms with E-state index >= 15 is 0 Å². The summed E-state index contributed by atoms with van der Waals surface area (Å²) in [6.45, 7) is 6.42. The second-order valence-corrected chi connectivity index (χ2v) is 9.23. The molecule has 1 saturated heterocycles. The van der Waals surface area contributed by atoms with Crippen molar-refractivity contribution in [2.24, 2.45) is 5.41 Å². The van der Waals surface area contributed by atoms with Crippen molar-refractivity contribution in [3.8, 4) is 11.4 Å². The Bertz CT molecular complexity index is 1190. The molecule has 0 atom stereocenters. The van der Waals surface area contributed by atoms with Gasteiger partial charge in [0.15, 0.2) is 5.65 Å². The Kier molecular flexibility index (Phi) is 3.09. The lowest BCUT2D eigenvalue weighted by Crippen LogP contribution is -2.59. The van der Waals surface area contributed by atoms with Gasteiger partial charge in [-0.3, -0.25) is 4.98 Å². The van der Waals surface area contributed by atoms with Crippen molar-refractivity contribution in [3.63, 3.8) is 0 Å². The molecule has 4 aromatic heterocycles. The van der Waals surface area contributed by atoms with E-state index in [0.29, 0.717) is 11.3 Å². The minimum atomic E-state index is 0.590. The van der Waals surface area contributed by atoms with Crippen molar-refractivity contribution >= 4 is 27.3 Å². The maximum absolute atomic E-state index is 4.88. The highest BCUT2D eigenvalue weighted by Gasteiger charge is 2.49. The fraction of sp³-hybridized carbons (Fsp3) is 0.400. The van der Waals surface area contributed by atoms with Crippen molar-refractivity contribution in [2.45, 2.75) is 32.6 Å². The zero-order chi connectivity index (χ0) is 18.2. The molecule has 0 bridgehead atoms. The van der Waals surface area contributed by atoms with Gasteiger partial charge < -0.3 is 5.32 Å². The second-order valence-electron chi connectivity index (χ2n) is 8.17. The van der Waals surface area contributed by atoms with Crippen LogP contribution in [0.15, 0.2) is 24.5 Å². The summed E-state index contributed by atoms with van der Waals surface area (Å²) in [6.07, 6.45) is 6.39. The number of hydrogen-bond donors (Lipinski definition) is 1. The van der Waals surface area contributed by atoms with Crippen molar-refractivity contribution in [2.75, 3.05) is 13.1 Å². The molecule has 7 heteroatoms. The fourth-order valence-electron chi connectivity index (χ4n) is 4.48. The van der Waals surface area contributed by atoms with E-state index in [1.165, 1.54) is 30.8 Å². The Morgan fingerprint density at radius 3 is 2.78 bits per heavy atom. The number of imidazole rings is 1. The lowest BCUT2D eigenvalue weighted by molar-refractivity contribution is 0.0376. The standard InChI is InChI=1S/C20H20N6S/c1-11-3-14(25-26-8-12(2)23-18(11)26)16-7-22-15-4-17(27-19(15)24-16)13-5-20(6-13)9-21-10-20/h3-4,7-8,13,21H,5-6,9-10H2,1-2H3. The summed E-state index contributed by atoms with van der Waals surface area (Å²) < 4.78 is 1.84. The van der Waals surface area contributed by atoms with Crippen LogP contribution < -0.4 is 5.32 Å². The van der Waals surface area contributed by atoms with Crippen molar-refractivity contribution in [1.29, 1.82) is 0 Å². The normalized spacial score (nSPS) is 18.9. The first-order chi connectivity index (χ1) is 13.1. The molecule has 2 fully saturated rings. The summed E-state index contributed by atoms with van der Waals surface area (Å²) in [6, 6.07) is 4.28. The Labute approximate surface area is 160 Å². The Hall–Kier alpha value is -2.38. The molecule has 1 spiro atoms. The van der Waals surface area contributed by atoms with Crippen LogP contribution in [0.5, 0.6) is 0 Å². The fourth-order valence-corrected chi connectivity index (χ4v) is 5.57. The number of aryl methyl sites for hydroxylation is 2. The van der Waals surface area contributed by atoms with Gasteiger partial charge in [0.2, 0.25) is 0 Å². The molecular formula is C20H20N6S. The average molecular weight is 376 g/mol. The van der Waals surface area contributed by atoms with Gasteiger partial charge in [-0.05, 0) is 55.7 Å². The van der Waals surface area contributed by atoms with Gasteiger partial charge in [-0.1, -0.05) is 0 Å². The van der Waals surface area contributed by atoms with Gasteiger partial charge in [0.25, 0.3) is 0 Å². The largest absolute Gasteiger partial charge is 0.316 e. The van der Waals surface area contributed by atoms with Gasteiger partial charge in [0, 0.05) is 18.0 Å². The van der Waals surface area contributed by atoms with Crippen LogP contribution in [0.4, 0.5) is 0 Å². The van der Waals surface area contributed by atoms with Gasteiger partial charge in [-0.15, -0.1) is 11.3 Å². The quantitative estimate of drug-likeness (QED) is 0.580. The highest BCUT2D eigenvalue weighted by Crippen LogP contribution is 2.54. The van der Waals surface area contributed by atoms with Crippen LogP contribution in [0.1, 0.15) is 34.9 Å². The van der Waals surface area contributed by atoms with Crippen molar-refractivity contribution < 1.29 is 0 Å². The Balaban J connectivity index is 1.37. The van der Waals surface area contributed by atoms with E-state index < -0.39 is 0 Å². The zero-order valence-electron chi connectivity index (χ0n) is 15.4. The van der Waals surface area contributed by atoms with Crippen LogP contribution in [-0.2, 0) is 0 Å². The molecule has 6 nitrogen and oxygen atoms in total. The third-order valence-corrected chi connectivity index (χ3v) is 7.19. The highest BCUT2D eigenvalue weighted by atomic mass is 32.1. The first-order valence-corrected chi connectivity index (χ1v) is 10.2. The maximum atomic E-state index is 4.88. The van der Waals surface area contributed by atoms with E-state index in [0.717, 1.165) is 38.6 Å². The van der Waals surface area contributed by atoms with Crippen LogP contribution in [0, 0.1) is 19.3 Å². The predicted molar refractivity (Wildman–Crippen MR) is 106 cm³/mol. The van der Waals surface area contributed by atoms with E-state index in [-0.39, 0.29) is 0 Å². The van der Waals surface area contributed by atoms with Crippen LogP contribution in [0.2, 0.25) is 0 Å². The molecule has 2 aliphatic rings. The molecule has 1 aliphatic heterocycles. The Morgan fingerprint density at radius 1 is 1.15 bits per heavy atom. The van der Waals surface area contributed by atoms with Crippen molar-refractivity contribution in [1.82, 2.24) is 29.9 Å². The van der Waals surface area contributed by atoms with Gasteiger partial charge in [-0.25, -0.2) is 14.5 Å². The van der Waals surface area contributed by atoms with Gasteiger partial charge >= 0.3 is 0 Å². The molecule has 5 heterocycles. The third kappa shape index (κ3) is 2.34. The smallest absolute Gasteiger partial charge is 0.156 e. The van der Waals surface area contributed by atoms with E-state index in [1.807, 2.05) is 29.9 Å². The van der Waals surface area contributed by atoms with E-state index in [9.17, 15) is 0 Å². The second kappa shape index (κ2) is 5.33. The van der Waals surface area contributed by atoms with E-state index in [1.54, 1.807) is 11.3 Å². The average Bonchev–Trinajstić information content (AvgIpc) is 3.14. The highest BCUT2D eigenvalue weighted by molar-refractivity contribution is 7.18. The molecule has 1 aliphatic carbocycles. The predicted octanol–water partition coefficient (Wildman–Crippen LogP) is 3.48. The number of hydrogen-bond acceptors (Lipinski definition) is 6. The van der Waals surface area contributed by atoms with Crippen LogP contribution in [-0.4, -0.2) is 37.7 Å². The van der Waals surface area contributed by atoms with Crippen LogP contribution in [0.3, 0.4) is 0 Å². The minimum Gasteiger partial charge on any atom is -0.316 e. The van der Waals surface area contributed by atoms with E-state index in [4.69, 9.17) is 10.1 Å². The zero-order valence-corrected chi connectivity index (χ0v) is 16.2. The molecule has 0 amide bonds. The summed E-state index contributed by atoms with van der Waals surface area (Å²) >= 11 is 1.80. The lowest BCUT2D eigenvalue weighted by Gasteiger charge is -2.54. The lowest BCUT2D eigenvalue weighted by atomic mass is 9.58. The number of nitrogens with zero attached hydrogens (tertiary/aromatic N) is 5. The van der Waals surface area contributed by atoms with Gasteiger partial charge in [0.1, 0.15) is 21.7 Å². The van der Waals surface area contributed by atoms with E-state index in [2.05, 4.69) is 28.3 Å². The Morgan fingerprint density at radius 2 is 2.00 bits per heavy atom. The van der Waals surface area contributed by atoms with Crippen LogP contribution in [0.25, 0.3) is 27.4 Å². The molecule has 0 aromatic carbocycles. The molecule has 136 valence electrons. The molecule has 6 rings (SSSR count). The molecule has 0 unspecified atom stereocenters. The molecule has 1 saturated carbocycles. The molecule has 1 N–H and O–H groups in total. The third-order valence-electron chi connectivity index (χ3n) is 6.01. The molecule has 27 heavy (non-hydrogen) atoms. The summed E-state index contributed by atoms with van der Waals surface area (Å²) in [7, 11) is 0. The SMILES string of the molecule is Cc1cn2nc(-c3cnc4cc(C5CC6(CNC6)C5)sc4n3)cc(C)c2n1. The molecular weight excluding hydrogens is 356 g/mol. The molecule has 0 radical (unpaired) electrons. The summed E-state index contributed by atoms with van der Waals surface area (Å²) in [5, 5.41) is 8.10. The number of aromatic nitrogens is 5. The molecule has 4 aromatic rings. The number of thiophene rings is 1. The van der Waals surface area contributed by atoms with Gasteiger partial charge in [0.05, 0.1) is 18.1 Å². The number of rotatable bonds is 2. The monoisotopic (exact) mass is 376 g/mol. The number of nitrogens with one attached hydrogen (secondary N) is 1. The van der Waals surface area contributed by atoms with Crippen molar-refractivity contribution in [3.05, 3.63) is 40.7 Å².